The first-order valence-electron chi connectivity index (χ1n) is 24.3. The molecule has 10 aromatic rings. The Kier molecular flexibility index (Phi) is 8.18. The normalized spacial score (nSPS) is 26.0. The van der Waals surface area contributed by atoms with Gasteiger partial charge in [0, 0.05) is 71.6 Å². The molecule has 6 aromatic carbocycles. The molecule has 4 aliphatic heterocycles. The van der Waals surface area contributed by atoms with Crippen molar-refractivity contribution in [2.24, 2.45) is 0 Å². The van der Waals surface area contributed by atoms with Crippen LogP contribution in [0.3, 0.4) is 0 Å². The van der Waals surface area contributed by atoms with E-state index in [0.29, 0.717) is 39.4 Å². The molecule has 16 heteroatoms. The number of hydrogen-bond acceptors (Lipinski definition) is 10. The Labute approximate surface area is 407 Å². The van der Waals surface area contributed by atoms with Crippen molar-refractivity contribution in [2.75, 3.05) is 0 Å². The summed E-state index contributed by atoms with van der Waals surface area (Å²) in [7, 11) is 0. The standard InChI is InChI=1S/C28H23N3O5.C28H21N3O5/c2*1-28(2)35-24-16(11-17(32)25(24)36-28)31-15-10-6-4-8-13(15)19-21-20(26(33)30-27(21)34)18-12-7-3-5-9-14(12)29-22(18)23(19)31/h3-10,16-17,24-25,29,32H,11H2,1-2H3,(H,30,33,34);3-10,16,24-25,29H,11H2,1-2H3,(H,30,33,34)/t16?,17-,24-,25+;16?,24-,25+/m00/s1. The minimum Gasteiger partial charge on any atom is -0.390 e. The molecule has 4 fully saturated rings. The first-order chi connectivity index (χ1) is 34.7. The fourth-order valence-electron chi connectivity index (χ4n) is 13.4. The predicted molar refractivity (Wildman–Crippen MR) is 267 cm³/mol. The number of benzene rings is 6. The lowest BCUT2D eigenvalue weighted by molar-refractivity contribution is -0.165. The van der Waals surface area contributed by atoms with E-state index in [1.54, 1.807) is 0 Å². The van der Waals surface area contributed by atoms with E-state index in [4.69, 9.17) is 18.9 Å². The third kappa shape index (κ3) is 5.39. The van der Waals surface area contributed by atoms with Crippen molar-refractivity contribution in [3.63, 3.8) is 0 Å². The highest BCUT2D eigenvalue weighted by atomic mass is 16.8. The number of aromatic nitrogens is 4. The number of amides is 4. The number of para-hydroxylation sites is 4. The Morgan fingerprint density at radius 1 is 0.500 bits per heavy atom. The van der Waals surface area contributed by atoms with Crippen LogP contribution in [0.15, 0.2) is 97.1 Å². The molecule has 0 radical (unpaired) electrons. The van der Waals surface area contributed by atoms with Gasteiger partial charge >= 0.3 is 0 Å². The van der Waals surface area contributed by atoms with Gasteiger partial charge in [-0.2, -0.15) is 0 Å². The van der Waals surface area contributed by atoms with E-state index < -0.39 is 47.8 Å². The summed E-state index contributed by atoms with van der Waals surface area (Å²) in [6.07, 6.45) is -1.90. The van der Waals surface area contributed by atoms with Crippen LogP contribution in [0.2, 0.25) is 0 Å². The number of carbonyl (C=O) groups is 5. The van der Waals surface area contributed by atoms with Crippen LogP contribution >= 0.6 is 0 Å². The minimum absolute atomic E-state index is 0.00322. The van der Waals surface area contributed by atoms with Crippen molar-refractivity contribution < 1.29 is 48.0 Å². The van der Waals surface area contributed by atoms with Crippen molar-refractivity contribution in [3.05, 3.63) is 119 Å². The lowest BCUT2D eigenvalue weighted by Gasteiger charge is -2.25. The van der Waals surface area contributed by atoms with Gasteiger partial charge in [-0.3, -0.25) is 34.6 Å². The molecule has 2 saturated heterocycles. The summed E-state index contributed by atoms with van der Waals surface area (Å²) in [4.78, 5) is 72.9. The molecule has 8 heterocycles. The van der Waals surface area contributed by atoms with Crippen molar-refractivity contribution in [1.82, 2.24) is 29.7 Å². The van der Waals surface area contributed by atoms with E-state index >= 15 is 0 Å². The summed E-state index contributed by atoms with van der Waals surface area (Å²) in [5.74, 6) is -3.24. The maximum Gasteiger partial charge on any atom is 0.259 e. The average molecular weight is 961 g/mol. The summed E-state index contributed by atoms with van der Waals surface area (Å²) in [6.45, 7) is 7.36. The zero-order chi connectivity index (χ0) is 49.0. The molecule has 4 aromatic heterocycles. The van der Waals surface area contributed by atoms with E-state index in [9.17, 15) is 29.1 Å². The summed E-state index contributed by atoms with van der Waals surface area (Å²) in [5.41, 5.74) is 8.31. The topological polar surface area (TPSA) is 208 Å². The molecule has 7 atom stereocenters. The largest absolute Gasteiger partial charge is 0.390 e. The maximum atomic E-state index is 13.2. The summed E-state index contributed by atoms with van der Waals surface area (Å²) >= 11 is 0. The fraction of sp³-hybridized carbons (Fsp3) is 0.268. The predicted octanol–water partition coefficient (Wildman–Crippen LogP) is 8.49. The first kappa shape index (κ1) is 42.0. The molecule has 0 spiro atoms. The molecule has 358 valence electrons. The highest BCUT2D eigenvalue weighted by molar-refractivity contribution is 6.41. The number of ether oxygens (including phenoxy) is 4. The number of carbonyl (C=O) groups excluding carboxylic acids is 5. The highest BCUT2D eigenvalue weighted by Gasteiger charge is 2.56. The van der Waals surface area contributed by atoms with Crippen molar-refractivity contribution in [3.8, 4) is 0 Å². The Morgan fingerprint density at radius 3 is 1.44 bits per heavy atom. The van der Waals surface area contributed by atoms with Gasteiger partial charge < -0.3 is 43.2 Å². The number of H-pyrrole nitrogens is 2. The number of nitrogens with one attached hydrogen (secondary N) is 4. The molecule has 16 rings (SSSR count). The molecular formula is C56H44N6O10. The second-order valence-corrected chi connectivity index (χ2v) is 20.8. The number of hydrogen-bond donors (Lipinski definition) is 5. The van der Waals surface area contributed by atoms with Gasteiger partial charge in [0.1, 0.15) is 24.4 Å². The SMILES string of the molecule is CC1(C)O[C@@H]2C(=O)CC(n3c4ccccc4c4c5c(c6c7ccccc7[nH]c6c43)C(=O)NC5=O)[C@@H]2O1.CC1(C)O[C@@H]2[C@@H](O)CC(n3c4ccccc4c4c5c(c6c7ccccc7[nH]c6c43)C(=O)NC5=O)[C@@H]2O1. The number of Topliss-reactive ketones (excluding diaryl/α,β-unsaturated/α-hetero) is 1. The molecule has 5 N–H and O–H groups in total. The smallest absolute Gasteiger partial charge is 0.259 e. The van der Waals surface area contributed by atoms with Crippen LogP contribution in [0.1, 0.15) is 94.1 Å². The fourth-order valence-corrected chi connectivity index (χ4v) is 13.4. The molecule has 0 bridgehead atoms. The number of fused-ring (bicyclic) bond motifs is 22. The molecule has 2 aliphatic carbocycles. The van der Waals surface area contributed by atoms with Gasteiger partial charge in [0.2, 0.25) is 0 Å². The lowest BCUT2D eigenvalue weighted by Crippen LogP contribution is -2.28. The van der Waals surface area contributed by atoms with Crippen LogP contribution in [0.5, 0.6) is 0 Å². The van der Waals surface area contributed by atoms with Crippen LogP contribution < -0.4 is 10.6 Å². The second kappa shape index (κ2) is 14.0. The zero-order valence-electron chi connectivity index (χ0n) is 39.2. The minimum atomic E-state index is -0.869. The third-order valence-electron chi connectivity index (χ3n) is 15.9. The summed E-state index contributed by atoms with van der Waals surface area (Å²) in [5, 5.41) is 22.4. The molecular weight excluding hydrogens is 917 g/mol. The van der Waals surface area contributed by atoms with E-state index in [1.165, 1.54) is 0 Å². The summed E-state index contributed by atoms with van der Waals surface area (Å²) in [6, 6.07) is 30.7. The van der Waals surface area contributed by atoms with Gasteiger partial charge in [0.05, 0.1) is 62.5 Å². The Hall–Kier alpha value is -7.73. The summed E-state index contributed by atoms with van der Waals surface area (Å²) < 4.78 is 29.0. The van der Waals surface area contributed by atoms with Crippen LogP contribution in [0, 0.1) is 0 Å². The number of aliphatic hydroxyl groups is 1. The van der Waals surface area contributed by atoms with Crippen LogP contribution in [0.4, 0.5) is 0 Å². The van der Waals surface area contributed by atoms with Crippen LogP contribution in [-0.2, 0) is 23.7 Å². The van der Waals surface area contributed by atoms with Gasteiger partial charge in [0.15, 0.2) is 17.4 Å². The zero-order valence-corrected chi connectivity index (χ0v) is 39.2. The Bertz CT molecular complexity index is 4210. The van der Waals surface area contributed by atoms with Gasteiger partial charge in [-0.05, 0) is 58.4 Å². The Morgan fingerprint density at radius 2 is 0.917 bits per heavy atom. The maximum absolute atomic E-state index is 13.2. The number of ketones is 1. The average Bonchev–Trinajstić information content (AvgIpc) is 4.25. The quantitative estimate of drug-likeness (QED) is 0.104. The third-order valence-corrected chi connectivity index (χ3v) is 15.9. The number of imide groups is 2. The van der Waals surface area contributed by atoms with Crippen molar-refractivity contribution in [1.29, 1.82) is 0 Å². The van der Waals surface area contributed by atoms with Crippen LogP contribution in [0.25, 0.3) is 87.2 Å². The van der Waals surface area contributed by atoms with E-state index in [2.05, 4.69) is 29.7 Å². The number of aliphatic hydroxyl groups excluding tert-OH is 1. The first-order valence-corrected chi connectivity index (χ1v) is 24.3. The van der Waals surface area contributed by atoms with E-state index in [0.717, 1.165) is 76.5 Å². The van der Waals surface area contributed by atoms with Crippen molar-refractivity contribution in [2.45, 2.75) is 94.7 Å². The van der Waals surface area contributed by atoms with Gasteiger partial charge in [0.25, 0.3) is 23.6 Å². The highest BCUT2D eigenvalue weighted by Crippen LogP contribution is 2.52. The lowest BCUT2D eigenvalue weighted by atomic mass is 9.96. The van der Waals surface area contributed by atoms with Crippen molar-refractivity contribution >= 4 is 117 Å². The van der Waals surface area contributed by atoms with E-state index in [-0.39, 0.29) is 42.2 Å². The molecule has 16 nitrogen and oxygen atoms in total. The van der Waals surface area contributed by atoms with Gasteiger partial charge in [-0.1, -0.05) is 72.8 Å². The number of nitrogens with zero attached hydrogens (tertiary/aromatic N) is 2. The Balaban J connectivity index is 0.000000128. The second-order valence-electron chi connectivity index (χ2n) is 20.8. The van der Waals surface area contributed by atoms with E-state index in [1.807, 2.05) is 125 Å². The number of rotatable bonds is 2. The number of aromatic amines is 2. The van der Waals surface area contributed by atoms with Gasteiger partial charge in [-0.15, -0.1) is 0 Å². The van der Waals surface area contributed by atoms with Gasteiger partial charge in [-0.25, -0.2) is 0 Å². The molecule has 72 heavy (non-hydrogen) atoms. The molecule has 4 amide bonds. The molecule has 2 saturated carbocycles. The monoisotopic (exact) mass is 960 g/mol. The molecule has 6 aliphatic rings. The molecule has 2 unspecified atom stereocenters. The van der Waals surface area contributed by atoms with Crippen LogP contribution in [-0.4, -0.2) is 95.7 Å².